The molecule has 13 heavy (non-hydrogen) atoms. The van der Waals surface area contributed by atoms with Gasteiger partial charge in [-0.25, -0.2) is 0 Å². The summed E-state index contributed by atoms with van der Waals surface area (Å²) in [4.78, 5) is 20.8. The molecule has 0 aliphatic heterocycles. The molecule has 0 bridgehead atoms. The first kappa shape index (κ1) is 9.17. The smallest absolute Gasteiger partial charge is 0.319 e. The van der Waals surface area contributed by atoms with E-state index < -0.39 is 10.8 Å². The van der Waals surface area contributed by atoms with E-state index in [1.807, 2.05) is 0 Å². The molecule has 2 N–H and O–H groups in total. The number of nitrogens with zero attached hydrogens (tertiary/aromatic N) is 2. The molecule has 1 amide bonds. The average Bonchev–Trinajstić information content (AvgIpc) is 2.52. The van der Waals surface area contributed by atoms with Gasteiger partial charge in [-0.1, -0.05) is 0 Å². The highest BCUT2D eigenvalue weighted by Gasteiger charge is 2.21. The van der Waals surface area contributed by atoms with Crippen LogP contribution in [0.1, 0.15) is 17.4 Å². The molecule has 70 valence electrons. The maximum absolute atomic E-state index is 11.1. The molecule has 1 aromatic heterocycles. The molecule has 7 nitrogen and oxygen atoms in total. The number of aromatic amines is 1. The standard InChI is InChI=1S/C6H8N4O3/c1-2-7-6(11)5-4(10(12)13)3-8-9-5/h3H,2H2,1H3,(H,7,11)(H,8,9). The minimum atomic E-state index is -0.659. The molecule has 0 saturated heterocycles. The second-order valence-corrected chi connectivity index (χ2v) is 2.25. The summed E-state index contributed by atoms with van der Waals surface area (Å²) in [6.45, 7) is 2.13. The maximum atomic E-state index is 11.1. The molecule has 0 spiro atoms. The van der Waals surface area contributed by atoms with Crippen LogP contribution >= 0.6 is 0 Å². The van der Waals surface area contributed by atoms with Crippen molar-refractivity contribution < 1.29 is 9.72 Å². The molecular formula is C6H8N4O3. The van der Waals surface area contributed by atoms with E-state index in [1.165, 1.54) is 0 Å². The van der Waals surface area contributed by atoms with Gasteiger partial charge in [0.1, 0.15) is 6.20 Å². The topological polar surface area (TPSA) is 101 Å². The lowest BCUT2D eigenvalue weighted by molar-refractivity contribution is -0.385. The molecule has 1 rings (SSSR count). The van der Waals surface area contributed by atoms with Crippen molar-refractivity contribution in [2.75, 3.05) is 6.54 Å². The highest BCUT2D eigenvalue weighted by atomic mass is 16.6. The van der Waals surface area contributed by atoms with E-state index in [-0.39, 0.29) is 11.4 Å². The van der Waals surface area contributed by atoms with Crippen LogP contribution in [-0.2, 0) is 0 Å². The third-order valence-electron chi connectivity index (χ3n) is 1.38. The molecule has 1 heterocycles. The zero-order valence-electron chi connectivity index (χ0n) is 6.90. The number of aromatic nitrogens is 2. The van der Waals surface area contributed by atoms with Crippen molar-refractivity contribution in [3.8, 4) is 0 Å². The van der Waals surface area contributed by atoms with Crippen molar-refractivity contribution in [2.45, 2.75) is 6.92 Å². The van der Waals surface area contributed by atoms with E-state index in [2.05, 4.69) is 15.5 Å². The van der Waals surface area contributed by atoms with Crippen molar-refractivity contribution in [1.82, 2.24) is 15.5 Å². The SMILES string of the molecule is CCNC(=O)c1[nH]ncc1[N+](=O)[O-]. The van der Waals surface area contributed by atoms with Gasteiger partial charge < -0.3 is 5.32 Å². The van der Waals surface area contributed by atoms with Gasteiger partial charge in [0.25, 0.3) is 5.91 Å². The van der Waals surface area contributed by atoms with Gasteiger partial charge in [-0.3, -0.25) is 20.0 Å². The number of nitro groups is 1. The summed E-state index contributed by atoms with van der Waals surface area (Å²) in [6, 6.07) is 0. The van der Waals surface area contributed by atoms with Crippen LogP contribution in [0.2, 0.25) is 0 Å². The predicted octanol–water partition coefficient (Wildman–Crippen LogP) is 0.0676. The van der Waals surface area contributed by atoms with Gasteiger partial charge >= 0.3 is 5.69 Å². The Morgan fingerprint density at radius 3 is 3.08 bits per heavy atom. The fraction of sp³-hybridized carbons (Fsp3) is 0.333. The van der Waals surface area contributed by atoms with Gasteiger partial charge in [-0.2, -0.15) is 5.10 Å². The number of carbonyl (C=O) groups excluding carboxylic acids is 1. The van der Waals surface area contributed by atoms with Gasteiger partial charge in [0.15, 0.2) is 0 Å². The molecule has 0 atom stereocenters. The van der Waals surface area contributed by atoms with Gasteiger partial charge in [-0.05, 0) is 6.92 Å². The Kier molecular flexibility index (Phi) is 2.58. The highest BCUT2D eigenvalue weighted by molar-refractivity contribution is 5.95. The quantitative estimate of drug-likeness (QED) is 0.512. The first-order valence-corrected chi connectivity index (χ1v) is 3.62. The first-order valence-electron chi connectivity index (χ1n) is 3.62. The lowest BCUT2D eigenvalue weighted by Crippen LogP contribution is -2.23. The Morgan fingerprint density at radius 1 is 1.85 bits per heavy atom. The molecule has 0 aromatic carbocycles. The van der Waals surface area contributed by atoms with E-state index in [0.717, 1.165) is 6.20 Å². The van der Waals surface area contributed by atoms with Crippen LogP contribution in [-0.4, -0.2) is 27.6 Å². The van der Waals surface area contributed by atoms with E-state index in [1.54, 1.807) is 6.92 Å². The number of nitrogens with one attached hydrogen (secondary N) is 2. The molecule has 0 radical (unpaired) electrons. The predicted molar refractivity (Wildman–Crippen MR) is 43.2 cm³/mol. The van der Waals surface area contributed by atoms with Crippen LogP contribution in [0, 0.1) is 10.1 Å². The Labute approximate surface area is 73.3 Å². The van der Waals surface area contributed by atoms with Crippen LogP contribution in [0.4, 0.5) is 5.69 Å². The van der Waals surface area contributed by atoms with Crippen LogP contribution in [0.5, 0.6) is 0 Å². The summed E-state index contributed by atoms with van der Waals surface area (Å²) in [6.07, 6.45) is 1.00. The number of hydrogen-bond donors (Lipinski definition) is 2. The minimum Gasteiger partial charge on any atom is -0.351 e. The van der Waals surface area contributed by atoms with E-state index in [9.17, 15) is 14.9 Å². The Hall–Kier alpha value is -1.92. The summed E-state index contributed by atoms with van der Waals surface area (Å²) < 4.78 is 0. The highest BCUT2D eigenvalue weighted by Crippen LogP contribution is 2.13. The van der Waals surface area contributed by atoms with Crippen LogP contribution in [0.3, 0.4) is 0 Å². The van der Waals surface area contributed by atoms with E-state index in [0.29, 0.717) is 6.54 Å². The molecule has 0 unspecified atom stereocenters. The number of hydrogen-bond acceptors (Lipinski definition) is 4. The van der Waals surface area contributed by atoms with Crippen molar-refractivity contribution in [3.05, 3.63) is 22.0 Å². The van der Waals surface area contributed by atoms with Gasteiger partial charge in [0, 0.05) is 6.54 Å². The molecule has 0 aliphatic carbocycles. The monoisotopic (exact) mass is 184 g/mol. The zero-order chi connectivity index (χ0) is 9.84. The number of carbonyl (C=O) groups is 1. The Bertz CT molecular complexity index is 332. The average molecular weight is 184 g/mol. The third-order valence-corrected chi connectivity index (χ3v) is 1.38. The lowest BCUT2D eigenvalue weighted by Gasteiger charge is -1.97. The summed E-state index contributed by atoms with van der Waals surface area (Å²) in [7, 11) is 0. The summed E-state index contributed by atoms with van der Waals surface area (Å²) >= 11 is 0. The lowest BCUT2D eigenvalue weighted by atomic mass is 10.3. The largest absolute Gasteiger partial charge is 0.351 e. The summed E-state index contributed by atoms with van der Waals surface area (Å²) in [5, 5.41) is 18.5. The van der Waals surface area contributed by atoms with Crippen molar-refractivity contribution in [1.29, 1.82) is 0 Å². The Balaban J connectivity index is 2.93. The molecule has 0 saturated carbocycles. The summed E-state index contributed by atoms with van der Waals surface area (Å²) in [5.74, 6) is -0.522. The second kappa shape index (κ2) is 3.65. The second-order valence-electron chi connectivity index (χ2n) is 2.25. The first-order chi connectivity index (χ1) is 6.16. The fourth-order valence-corrected chi connectivity index (χ4v) is 0.834. The maximum Gasteiger partial charge on any atom is 0.319 e. The van der Waals surface area contributed by atoms with Gasteiger partial charge in [-0.15, -0.1) is 0 Å². The van der Waals surface area contributed by atoms with Crippen molar-refractivity contribution >= 4 is 11.6 Å². The van der Waals surface area contributed by atoms with Gasteiger partial charge in [0.05, 0.1) is 4.92 Å². The normalized spacial score (nSPS) is 9.62. The zero-order valence-corrected chi connectivity index (χ0v) is 6.90. The summed E-state index contributed by atoms with van der Waals surface area (Å²) in [5.41, 5.74) is -0.433. The molecule has 0 aliphatic rings. The molecule has 7 heteroatoms. The van der Waals surface area contributed by atoms with E-state index >= 15 is 0 Å². The number of rotatable bonds is 3. The minimum absolute atomic E-state index is 0.119. The van der Waals surface area contributed by atoms with Crippen LogP contribution in [0.15, 0.2) is 6.20 Å². The van der Waals surface area contributed by atoms with E-state index in [4.69, 9.17) is 0 Å². The van der Waals surface area contributed by atoms with Crippen LogP contribution < -0.4 is 5.32 Å². The third kappa shape index (κ3) is 1.81. The number of amides is 1. The van der Waals surface area contributed by atoms with Gasteiger partial charge in [0.2, 0.25) is 5.69 Å². The van der Waals surface area contributed by atoms with Crippen molar-refractivity contribution in [2.24, 2.45) is 0 Å². The fourth-order valence-electron chi connectivity index (χ4n) is 0.834. The molecule has 0 fully saturated rings. The van der Waals surface area contributed by atoms with Crippen molar-refractivity contribution in [3.63, 3.8) is 0 Å². The molecule has 1 aromatic rings. The number of H-pyrrole nitrogens is 1. The Morgan fingerprint density at radius 2 is 2.54 bits per heavy atom. The molecular weight excluding hydrogens is 176 g/mol. The van der Waals surface area contributed by atoms with Crippen LogP contribution in [0.25, 0.3) is 0 Å².